The van der Waals surface area contributed by atoms with Gasteiger partial charge in [-0.25, -0.2) is 4.98 Å². The van der Waals surface area contributed by atoms with Gasteiger partial charge in [-0.15, -0.1) is 11.3 Å². The molecule has 0 saturated carbocycles. The van der Waals surface area contributed by atoms with Crippen LogP contribution in [-0.2, 0) is 14.9 Å². The Bertz CT molecular complexity index is 933. The van der Waals surface area contributed by atoms with E-state index < -0.39 is 0 Å². The van der Waals surface area contributed by atoms with Crippen molar-refractivity contribution in [3.8, 4) is 5.75 Å². The van der Waals surface area contributed by atoms with Gasteiger partial charge in [0, 0.05) is 25.2 Å². The number of methoxy groups -OCH3 is 1. The molecule has 0 aliphatic carbocycles. The lowest BCUT2D eigenvalue weighted by molar-refractivity contribution is -0.119. The third-order valence-corrected chi connectivity index (χ3v) is 7.56. The van der Waals surface area contributed by atoms with Gasteiger partial charge in [0.05, 0.1) is 23.1 Å². The number of ether oxygens (including phenoxy) is 2. The molecule has 2 aromatic carbocycles. The number of nitrogens with one attached hydrogen (secondary N) is 1. The van der Waals surface area contributed by atoms with E-state index in [1.165, 1.54) is 17.3 Å². The Morgan fingerprint density at radius 3 is 2.69 bits per heavy atom. The first-order valence-corrected chi connectivity index (χ1v) is 11.5. The summed E-state index contributed by atoms with van der Waals surface area (Å²) in [5.41, 5.74) is 2.11. The molecular formula is C22H24N2O3S2. The van der Waals surface area contributed by atoms with Crippen molar-refractivity contribution in [1.29, 1.82) is 0 Å². The van der Waals surface area contributed by atoms with E-state index >= 15 is 0 Å². The first kappa shape index (κ1) is 20.2. The van der Waals surface area contributed by atoms with Gasteiger partial charge in [0.2, 0.25) is 5.91 Å². The van der Waals surface area contributed by atoms with E-state index in [-0.39, 0.29) is 11.3 Å². The van der Waals surface area contributed by atoms with E-state index in [0.29, 0.717) is 25.5 Å². The topological polar surface area (TPSA) is 60.5 Å². The van der Waals surface area contributed by atoms with E-state index in [1.807, 2.05) is 30.3 Å². The quantitative estimate of drug-likeness (QED) is 0.570. The first-order chi connectivity index (χ1) is 14.2. The predicted molar refractivity (Wildman–Crippen MR) is 118 cm³/mol. The normalized spacial score (nSPS) is 15.9. The number of carbonyl (C=O) groups is 1. The molecule has 0 bridgehead atoms. The fourth-order valence-corrected chi connectivity index (χ4v) is 5.53. The molecular weight excluding hydrogens is 404 g/mol. The number of aromatic nitrogens is 1. The number of carbonyl (C=O) groups excluding carboxylic acids is 1. The van der Waals surface area contributed by atoms with Crippen LogP contribution < -0.4 is 10.1 Å². The van der Waals surface area contributed by atoms with Crippen LogP contribution in [0.15, 0.2) is 52.9 Å². The number of nitrogens with zero attached hydrogens (tertiary/aromatic N) is 1. The van der Waals surface area contributed by atoms with Crippen molar-refractivity contribution in [3.63, 3.8) is 0 Å². The number of thiazole rings is 1. The zero-order valence-corrected chi connectivity index (χ0v) is 18.0. The average Bonchev–Trinajstić information content (AvgIpc) is 3.20. The minimum absolute atomic E-state index is 0.0358. The molecule has 2 heterocycles. The van der Waals surface area contributed by atoms with Crippen LogP contribution in [0, 0.1) is 0 Å². The third-order valence-electron chi connectivity index (χ3n) is 5.38. The Hall–Kier alpha value is -2.09. The molecule has 1 aliphatic rings. The number of hydrogen-bond acceptors (Lipinski definition) is 6. The van der Waals surface area contributed by atoms with E-state index in [4.69, 9.17) is 9.47 Å². The molecule has 152 valence electrons. The lowest BCUT2D eigenvalue weighted by atomic mass is 9.74. The van der Waals surface area contributed by atoms with Crippen molar-refractivity contribution in [1.82, 2.24) is 10.3 Å². The highest BCUT2D eigenvalue weighted by molar-refractivity contribution is 8.01. The van der Waals surface area contributed by atoms with Crippen LogP contribution in [0.1, 0.15) is 18.4 Å². The Kier molecular flexibility index (Phi) is 6.37. The molecule has 1 aromatic heterocycles. The summed E-state index contributed by atoms with van der Waals surface area (Å²) in [6.07, 6.45) is 1.79. The minimum Gasteiger partial charge on any atom is -0.497 e. The van der Waals surface area contributed by atoms with Gasteiger partial charge in [-0.1, -0.05) is 36.0 Å². The van der Waals surface area contributed by atoms with E-state index in [9.17, 15) is 4.79 Å². The van der Waals surface area contributed by atoms with Gasteiger partial charge in [-0.2, -0.15) is 0 Å². The SMILES string of the molecule is COc1ccc(C2(CNC(=O)CSc3nc4ccccc4s3)CCOCC2)cc1. The van der Waals surface area contributed by atoms with E-state index in [0.717, 1.165) is 33.1 Å². The summed E-state index contributed by atoms with van der Waals surface area (Å²) in [5, 5.41) is 3.15. The molecule has 1 saturated heterocycles. The highest BCUT2D eigenvalue weighted by Crippen LogP contribution is 2.35. The molecule has 4 rings (SSSR count). The lowest BCUT2D eigenvalue weighted by Crippen LogP contribution is -2.45. The second-order valence-corrected chi connectivity index (χ2v) is 9.39. The first-order valence-electron chi connectivity index (χ1n) is 9.66. The summed E-state index contributed by atoms with van der Waals surface area (Å²) in [6.45, 7) is 2.03. The van der Waals surface area contributed by atoms with E-state index in [1.54, 1.807) is 18.4 Å². The summed E-state index contributed by atoms with van der Waals surface area (Å²) in [5.74, 6) is 1.25. The fraction of sp³-hybridized carbons (Fsp3) is 0.364. The van der Waals surface area contributed by atoms with Gasteiger partial charge >= 0.3 is 0 Å². The molecule has 1 N–H and O–H groups in total. The van der Waals surface area contributed by atoms with Crippen molar-refractivity contribution in [3.05, 3.63) is 54.1 Å². The molecule has 5 nitrogen and oxygen atoms in total. The lowest BCUT2D eigenvalue weighted by Gasteiger charge is -2.38. The molecule has 29 heavy (non-hydrogen) atoms. The smallest absolute Gasteiger partial charge is 0.230 e. The average molecular weight is 429 g/mol. The Labute approximate surface area is 178 Å². The molecule has 1 amide bonds. The molecule has 1 aliphatic heterocycles. The van der Waals surface area contributed by atoms with Gasteiger partial charge in [0.25, 0.3) is 0 Å². The maximum absolute atomic E-state index is 12.5. The van der Waals surface area contributed by atoms with Crippen molar-refractivity contribution in [2.75, 3.05) is 32.6 Å². The van der Waals surface area contributed by atoms with Gasteiger partial charge in [-0.3, -0.25) is 4.79 Å². The summed E-state index contributed by atoms with van der Waals surface area (Å²) in [6, 6.07) is 16.2. The number of para-hydroxylation sites is 1. The standard InChI is InChI=1S/C22H24N2O3S2/c1-26-17-8-6-16(7-9-17)22(10-12-27-13-11-22)15-23-20(25)14-28-21-24-18-4-2-3-5-19(18)29-21/h2-9H,10-15H2,1H3,(H,23,25). The summed E-state index contributed by atoms with van der Waals surface area (Å²) < 4.78 is 12.9. The number of hydrogen-bond donors (Lipinski definition) is 1. The number of fused-ring (bicyclic) bond motifs is 1. The molecule has 1 fully saturated rings. The zero-order chi connectivity index (χ0) is 20.1. The number of thioether (sulfide) groups is 1. The monoisotopic (exact) mass is 428 g/mol. The van der Waals surface area contributed by atoms with Crippen molar-refractivity contribution in [2.24, 2.45) is 0 Å². The maximum atomic E-state index is 12.5. The van der Waals surface area contributed by atoms with Crippen LogP contribution in [0.4, 0.5) is 0 Å². The van der Waals surface area contributed by atoms with Crippen LogP contribution >= 0.6 is 23.1 Å². The molecule has 7 heteroatoms. The number of amides is 1. The molecule has 0 unspecified atom stereocenters. The second kappa shape index (κ2) is 9.15. The fourth-order valence-electron chi connectivity index (χ4n) is 3.63. The highest BCUT2D eigenvalue weighted by Gasteiger charge is 2.34. The van der Waals surface area contributed by atoms with Crippen molar-refractivity contribution >= 4 is 39.2 Å². The highest BCUT2D eigenvalue weighted by atomic mass is 32.2. The largest absolute Gasteiger partial charge is 0.497 e. The van der Waals surface area contributed by atoms with Crippen molar-refractivity contribution < 1.29 is 14.3 Å². The summed E-state index contributed by atoms with van der Waals surface area (Å²) in [4.78, 5) is 17.1. The van der Waals surface area contributed by atoms with Gasteiger partial charge in [-0.05, 0) is 42.7 Å². The second-order valence-electron chi connectivity index (χ2n) is 7.13. The third kappa shape index (κ3) is 4.74. The molecule has 0 atom stereocenters. The van der Waals surface area contributed by atoms with Crippen LogP contribution in [-0.4, -0.2) is 43.5 Å². The number of rotatable bonds is 7. The maximum Gasteiger partial charge on any atom is 0.230 e. The van der Waals surface area contributed by atoms with Crippen LogP contribution in [0.2, 0.25) is 0 Å². The predicted octanol–water partition coefficient (Wildman–Crippen LogP) is 4.26. The van der Waals surface area contributed by atoms with E-state index in [2.05, 4.69) is 28.5 Å². The van der Waals surface area contributed by atoms with Crippen LogP contribution in [0.25, 0.3) is 10.2 Å². The molecule has 0 radical (unpaired) electrons. The molecule has 0 spiro atoms. The zero-order valence-electron chi connectivity index (χ0n) is 16.3. The summed E-state index contributed by atoms with van der Waals surface area (Å²) >= 11 is 3.12. The minimum atomic E-state index is -0.0965. The van der Waals surface area contributed by atoms with Crippen LogP contribution in [0.3, 0.4) is 0 Å². The van der Waals surface area contributed by atoms with Crippen molar-refractivity contribution in [2.45, 2.75) is 22.6 Å². The summed E-state index contributed by atoms with van der Waals surface area (Å²) in [7, 11) is 1.67. The Morgan fingerprint density at radius 1 is 1.21 bits per heavy atom. The Morgan fingerprint density at radius 2 is 1.97 bits per heavy atom. The van der Waals surface area contributed by atoms with Gasteiger partial charge in [0.1, 0.15) is 5.75 Å². The van der Waals surface area contributed by atoms with Gasteiger partial charge < -0.3 is 14.8 Å². The van der Waals surface area contributed by atoms with Gasteiger partial charge in [0.15, 0.2) is 4.34 Å². The van der Waals surface area contributed by atoms with Crippen LogP contribution in [0.5, 0.6) is 5.75 Å². The molecule has 3 aromatic rings. The Balaban J connectivity index is 1.38. The number of benzene rings is 2.